The van der Waals surface area contributed by atoms with Gasteiger partial charge in [-0.2, -0.15) is 10.5 Å². The SMILES string of the molecule is N#CC=Cc1ccc(-c2ccc(-c3ccc(C=CC#N)cc3)cc2)cc1. The van der Waals surface area contributed by atoms with Gasteiger partial charge in [0.15, 0.2) is 0 Å². The van der Waals surface area contributed by atoms with Crippen molar-refractivity contribution in [1.29, 1.82) is 10.5 Å². The van der Waals surface area contributed by atoms with Gasteiger partial charge in [-0.05, 0) is 45.5 Å². The Morgan fingerprint density at radius 3 is 1.00 bits per heavy atom. The third kappa shape index (κ3) is 4.15. The molecule has 0 saturated heterocycles. The van der Waals surface area contributed by atoms with Crippen LogP contribution in [0.15, 0.2) is 84.9 Å². The van der Waals surface area contributed by atoms with E-state index < -0.39 is 0 Å². The first kappa shape index (κ1) is 17.0. The summed E-state index contributed by atoms with van der Waals surface area (Å²) in [6.45, 7) is 0. The van der Waals surface area contributed by atoms with Crippen molar-refractivity contribution in [2.45, 2.75) is 0 Å². The van der Waals surface area contributed by atoms with Gasteiger partial charge in [-0.25, -0.2) is 0 Å². The smallest absolute Gasteiger partial charge is 0.0912 e. The summed E-state index contributed by atoms with van der Waals surface area (Å²) in [5.41, 5.74) is 6.61. The number of rotatable bonds is 4. The average Bonchev–Trinajstić information content (AvgIpc) is 2.72. The Bertz CT molecular complexity index is 922. The highest BCUT2D eigenvalue weighted by atomic mass is 14.2. The predicted octanol–water partition coefficient (Wildman–Crippen LogP) is 6.09. The molecule has 0 heterocycles. The molecule has 3 aromatic rings. The largest absolute Gasteiger partial charge is 0.193 e. The van der Waals surface area contributed by atoms with E-state index in [2.05, 4.69) is 48.5 Å². The number of benzene rings is 3. The van der Waals surface area contributed by atoms with Gasteiger partial charge in [-0.15, -0.1) is 0 Å². The maximum absolute atomic E-state index is 8.58. The Kier molecular flexibility index (Phi) is 5.41. The van der Waals surface area contributed by atoms with Gasteiger partial charge in [0.25, 0.3) is 0 Å². The quantitative estimate of drug-likeness (QED) is 0.542. The van der Waals surface area contributed by atoms with Crippen molar-refractivity contribution >= 4 is 12.2 Å². The fraction of sp³-hybridized carbons (Fsp3) is 0. The van der Waals surface area contributed by atoms with E-state index in [1.54, 1.807) is 12.2 Å². The monoisotopic (exact) mass is 332 g/mol. The van der Waals surface area contributed by atoms with Crippen LogP contribution >= 0.6 is 0 Å². The summed E-state index contributed by atoms with van der Waals surface area (Å²) in [5, 5.41) is 17.2. The van der Waals surface area contributed by atoms with Crippen LogP contribution in [0, 0.1) is 22.7 Å². The second-order valence-corrected chi connectivity index (χ2v) is 5.75. The van der Waals surface area contributed by atoms with E-state index in [0.29, 0.717) is 0 Å². The molecule has 0 fully saturated rings. The summed E-state index contributed by atoms with van der Waals surface area (Å²) in [7, 11) is 0. The lowest BCUT2D eigenvalue weighted by Crippen LogP contribution is -1.81. The minimum atomic E-state index is 1.01. The van der Waals surface area contributed by atoms with E-state index >= 15 is 0 Å². The van der Waals surface area contributed by atoms with E-state index in [1.165, 1.54) is 12.2 Å². The fourth-order valence-electron chi connectivity index (χ4n) is 2.70. The first-order valence-electron chi connectivity index (χ1n) is 8.23. The Morgan fingerprint density at radius 2 is 0.731 bits per heavy atom. The molecule has 0 N–H and O–H groups in total. The van der Waals surface area contributed by atoms with Gasteiger partial charge in [0.05, 0.1) is 12.1 Å². The second kappa shape index (κ2) is 8.29. The minimum absolute atomic E-state index is 1.01. The molecular weight excluding hydrogens is 316 g/mol. The van der Waals surface area contributed by atoms with E-state index in [1.807, 2.05) is 36.4 Å². The van der Waals surface area contributed by atoms with Crippen molar-refractivity contribution in [3.8, 4) is 34.4 Å². The zero-order valence-electron chi connectivity index (χ0n) is 14.1. The molecule has 3 rings (SSSR count). The molecule has 3 aromatic carbocycles. The predicted molar refractivity (Wildman–Crippen MR) is 107 cm³/mol. The molecule has 2 nitrogen and oxygen atoms in total. The van der Waals surface area contributed by atoms with Crippen LogP contribution < -0.4 is 0 Å². The van der Waals surface area contributed by atoms with Gasteiger partial charge in [-0.1, -0.05) is 72.8 Å². The molecule has 0 aliphatic rings. The lowest BCUT2D eigenvalue weighted by molar-refractivity contribution is 1.53. The lowest BCUT2D eigenvalue weighted by Gasteiger charge is -2.06. The number of nitriles is 2. The number of nitrogens with zero attached hydrogens (tertiary/aromatic N) is 2. The molecule has 2 heteroatoms. The van der Waals surface area contributed by atoms with Gasteiger partial charge in [-0.3, -0.25) is 0 Å². The van der Waals surface area contributed by atoms with Gasteiger partial charge < -0.3 is 0 Å². The number of hydrogen-bond donors (Lipinski definition) is 0. The molecule has 0 unspecified atom stereocenters. The van der Waals surface area contributed by atoms with Gasteiger partial charge in [0.2, 0.25) is 0 Å². The summed E-state index contributed by atoms with van der Waals surface area (Å²) in [6, 6.07) is 28.7. The van der Waals surface area contributed by atoms with E-state index in [4.69, 9.17) is 10.5 Å². The molecule has 0 aliphatic carbocycles. The van der Waals surface area contributed by atoms with Crippen molar-refractivity contribution in [2.24, 2.45) is 0 Å². The first-order valence-corrected chi connectivity index (χ1v) is 8.23. The van der Waals surface area contributed by atoms with Crippen molar-refractivity contribution < 1.29 is 0 Å². The van der Waals surface area contributed by atoms with Gasteiger partial charge >= 0.3 is 0 Å². The van der Waals surface area contributed by atoms with Crippen molar-refractivity contribution in [1.82, 2.24) is 0 Å². The minimum Gasteiger partial charge on any atom is -0.193 e. The maximum Gasteiger partial charge on any atom is 0.0912 e. The lowest BCUT2D eigenvalue weighted by atomic mass is 9.99. The van der Waals surface area contributed by atoms with E-state index in [0.717, 1.165) is 33.4 Å². The molecular formula is C24H16N2. The van der Waals surface area contributed by atoms with Crippen LogP contribution in [0.5, 0.6) is 0 Å². The van der Waals surface area contributed by atoms with Crippen molar-refractivity contribution in [2.75, 3.05) is 0 Å². The molecule has 0 amide bonds. The normalized spacial score (nSPS) is 10.7. The van der Waals surface area contributed by atoms with Crippen molar-refractivity contribution in [3.05, 3.63) is 96.1 Å². The highest BCUT2D eigenvalue weighted by molar-refractivity contribution is 5.72. The molecule has 0 saturated carbocycles. The summed E-state index contributed by atoms with van der Waals surface area (Å²) in [6.07, 6.45) is 6.54. The number of allylic oxidation sites excluding steroid dienone is 2. The third-order valence-corrected chi connectivity index (χ3v) is 4.07. The Morgan fingerprint density at radius 1 is 0.462 bits per heavy atom. The molecule has 0 aliphatic heterocycles. The summed E-state index contributed by atoms with van der Waals surface area (Å²) in [4.78, 5) is 0. The summed E-state index contributed by atoms with van der Waals surface area (Å²) in [5.74, 6) is 0. The summed E-state index contributed by atoms with van der Waals surface area (Å²) < 4.78 is 0. The topological polar surface area (TPSA) is 47.6 Å². The third-order valence-electron chi connectivity index (χ3n) is 4.07. The van der Waals surface area contributed by atoms with Crippen LogP contribution in [-0.4, -0.2) is 0 Å². The van der Waals surface area contributed by atoms with Crippen LogP contribution in [0.2, 0.25) is 0 Å². The Balaban J connectivity index is 1.78. The molecule has 0 bridgehead atoms. The molecule has 0 atom stereocenters. The Hall–Kier alpha value is -3.88. The molecule has 0 aromatic heterocycles. The Labute approximate surface area is 153 Å². The zero-order chi connectivity index (χ0) is 18.2. The molecule has 122 valence electrons. The standard InChI is InChI=1S/C24H16N2/c25-17-1-3-19-5-9-21(10-6-19)23-13-15-24(16-14-23)22-11-7-20(8-12-22)4-2-18-26/h1-16H. The molecule has 26 heavy (non-hydrogen) atoms. The highest BCUT2D eigenvalue weighted by Crippen LogP contribution is 2.25. The zero-order valence-corrected chi connectivity index (χ0v) is 14.1. The molecule has 0 spiro atoms. The van der Waals surface area contributed by atoms with Crippen LogP contribution in [-0.2, 0) is 0 Å². The highest BCUT2D eigenvalue weighted by Gasteiger charge is 2.01. The van der Waals surface area contributed by atoms with Crippen molar-refractivity contribution in [3.63, 3.8) is 0 Å². The second-order valence-electron chi connectivity index (χ2n) is 5.75. The van der Waals surface area contributed by atoms with Crippen LogP contribution in [0.3, 0.4) is 0 Å². The van der Waals surface area contributed by atoms with Crippen LogP contribution in [0.1, 0.15) is 11.1 Å². The van der Waals surface area contributed by atoms with Crippen LogP contribution in [0.25, 0.3) is 34.4 Å². The average molecular weight is 332 g/mol. The fourth-order valence-corrected chi connectivity index (χ4v) is 2.70. The summed E-state index contributed by atoms with van der Waals surface area (Å²) >= 11 is 0. The van der Waals surface area contributed by atoms with E-state index in [-0.39, 0.29) is 0 Å². The van der Waals surface area contributed by atoms with E-state index in [9.17, 15) is 0 Å². The van der Waals surface area contributed by atoms with Crippen LogP contribution in [0.4, 0.5) is 0 Å². The van der Waals surface area contributed by atoms with Gasteiger partial charge in [0.1, 0.15) is 0 Å². The first-order chi connectivity index (χ1) is 12.8. The van der Waals surface area contributed by atoms with Gasteiger partial charge in [0, 0.05) is 12.2 Å². The number of hydrogen-bond acceptors (Lipinski definition) is 2. The molecule has 0 radical (unpaired) electrons. The maximum atomic E-state index is 8.58.